The number of ether oxygens (including phenoxy) is 1. The van der Waals surface area contributed by atoms with Gasteiger partial charge in [0.15, 0.2) is 5.82 Å². The third-order valence-electron chi connectivity index (χ3n) is 7.27. The molecule has 1 aliphatic carbocycles. The van der Waals surface area contributed by atoms with Crippen molar-refractivity contribution in [1.29, 1.82) is 0 Å². The van der Waals surface area contributed by atoms with Gasteiger partial charge in [0.05, 0.1) is 35.1 Å². The quantitative estimate of drug-likeness (QED) is 0.275. The second-order valence-electron chi connectivity index (χ2n) is 11.2. The highest BCUT2D eigenvalue weighted by Crippen LogP contribution is 2.32. The Bertz CT molecular complexity index is 1650. The van der Waals surface area contributed by atoms with Crippen molar-refractivity contribution in [3.05, 3.63) is 55.2 Å². The summed E-state index contributed by atoms with van der Waals surface area (Å²) in [5.74, 6) is 2.23. The van der Waals surface area contributed by atoms with Crippen molar-refractivity contribution in [3.63, 3.8) is 0 Å². The summed E-state index contributed by atoms with van der Waals surface area (Å²) in [6, 6.07) is 7.75. The van der Waals surface area contributed by atoms with Crippen molar-refractivity contribution < 1.29 is 13.2 Å². The molecule has 0 bridgehead atoms. The Morgan fingerprint density at radius 3 is 2.50 bits per heavy atom. The SMILES string of the molecule is CC(C)Nc1cc(Nc2ccnc(-c3cnn(S(=O)(=O)C4CC4)c3)n2)ncc1-c1ccc(OC2CCN(C)CC2)cn1. The van der Waals surface area contributed by atoms with Crippen molar-refractivity contribution in [3.8, 4) is 28.4 Å². The topological polar surface area (TPSA) is 140 Å². The van der Waals surface area contributed by atoms with Crippen LogP contribution < -0.4 is 15.4 Å². The zero-order valence-corrected chi connectivity index (χ0v) is 24.8. The minimum absolute atomic E-state index is 0.181. The second kappa shape index (κ2) is 11.6. The summed E-state index contributed by atoms with van der Waals surface area (Å²) in [7, 11) is -1.32. The van der Waals surface area contributed by atoms with Crippen LogP contribution in [0.25, 0.3) is 22.6 Å². The highest BCUT2D eigenvalue weighted by atomic mass is 32.2. The molecule has 0 amide bonds. The normalized spacial score (nSPS) is 16.5. The third-order valence-corrected chi connectivity index (χ3v) is 9.30. The van der Waals surface area contributed by atoms with Gasteiger partial charge in [-0.05, 0) is 64.8 Å². The van der Waals surface area contributed by atoms with E-state index in [9.17, 15) is 8.42 Å². The first kappa shape index (κ1) is 28.0. The lowest BCUT2D eigenvalue weighted by Gasteiger charge is -2.29. The maximum atomic E-state index is 12.5. The summed E-state index contributed by atoms with van der Waals surface area (Å²) in [5, 5.41) is 10.4. The number of aromatic nitrogens is 6. The van der Waals surface area contributed by atoms with Crippen LogP contribution >= 0.6 is 0 Å². The molecule has 12 nitrogen and oxygen atoms in total. The van der Waals surface area contributed by atoms with Gasteiger partial charge in [-0.2, -0.15) is 9.19 Å². The highest BCUT2D eigenvalue weighted by Gasteiger charge is 2.37. The summed E-state index contributed by atoms with van der Waals surface area (Å²) in [6.45, 7) is 6.23. The molecule has 5 heterocycles. The van der Waals surface area contributed by atoms with Gasteiger partial charge in [-0.25, -0.2) is 23.4 Å². The molecule has 1 saturated heterocycles. The molecule has 42 heavy (non-hydrogen) atoms. The fourth-order valence-electron chi connectivity index (χ4n) is 4.84. The number of anilines is 3. The number of likely N-dealkylation sites (tertiary alicyclic amines) is 1. The van der Waals surface area contributed by atoms with E-state index in [4.69, 9.17) is 4.74 Å². The van der Waals surface area contributed by atoms with Gasteiger partial charge in [-0.1, -0.05) is 0 Å². The number of hydrogen-bond donors (Lipinski definition) is 2. The Morgan fingerprint density at radius 1 is 0.976 bits per heavy atom. The van der Waals surface area contributed by atoms with Crippen molar-refractivity contribution in [2.75, 3.05) is 30.8 Å². The summed E-state index contributed by atoms with van der Waals surface area (Å²) >= 11 is 0. The molecule has 0 aromatic carbocycles. The van der Waals surface area contributed by atoms with E-state index in [1.165, 1.54) is 12.4 Å². The number of pyridine rings is 2. The first-order chi connectivity index (χ1) is 20.2. The van der Waals surface area contributed by atoms with Crippen LogP contribution in [-0.2, 0) is 10.0 Å². The van der Waals surface area contributed by atoms with Gasteiger partial charge in [0.25, 0.3) is 10.0 Å². The minimum Gasteiger partial charge on any atom is -0.489 e. The van der Waals surface area contributed by atoms with Crippen molar-refractivity contribution in [2.45, 2.75) is 56.9 Å². The van der Waals surface area contributed by atoms with E-state index in [0.29, 0.717) is 35.9 Å². The van der Waals surface area contributed by atoms with E-state index < -0.39 is 10.0 Å². The molecule has 2 aliphatic rings. The summed E-state index contributed by atoms with van der Waals surface area (Å²) in [6.07, 6.45) is 11.7. The van der Waals surface area contributed by atoms with Crippen LogP contribution in [0.5, 0.6) is 5.75 Å². The Morgan fingerprint density at radius 2 is 1.79 bits per heavy atom. The summed E-state index contributed by atoms with van der Waals surface area (Å²) in [4.78, 5) is 20.5. The number of rotatable bonds is 10. The number of hydrogen-bond acceptors (Lipinski definition) is 11. The lowest BCUT2D eigenvalue weighted by atomic mass is 10.1. The van der Waals surface area contributed by atoms with Crippen LogP contribution in [-0.4, -0.2) is 80.0 Å². The van der Waals surface area contributed by atoms with Gasteiger partial charge in [0, 0.05) is 48.8 Å². The van der Waals surface area contributed by atoms with Gasteiger partial charge < -0.3 is 20.3 Å². The maximum absolute atomic E-state index is 12.5. The van der Waals surface area contributed by atoms with Gasteiger partial charge in [0.1, 0.15) is 23.5 Å². The molecule has 1 aliphatic heterocycles. The van der Waals surface area contributed by atoms with Crippen LogP contribution in [0.15, 0.2) is 55.2 Å². The third kappa shape index (κ3) is 6.36. The summed E-state index contributed by atoms with van der Waals surface area (Å²) in [5.41, 5.74) is 3.05. The lowest BCUT2D eigenvalue weighted by Crippen LogP contribution is -2.35. The largest absolute Gasteiger partial charge is 0.489 e. The zero-order chi connectivity index (χ0) is 29.3. The molecule has 0 atom stereocenters. The fraction of sp³-hybridized carbons (Fsp3) is 0.414. The van der Waals surface area contributed by atoms with Crippen LogP contribution in [0, 0.1) is 0 Å². The predicted octanol–water partition coefficient (Wildman–Crippen LogP) is 4.17. The molecule has 6 rings (SSSR count). The highest BCUT2D eigenvalue weighted by molar-refractivity contribution is 7.90. The van der Waals surface area contributed by atoms with E-state index in [0.717, 1.165) is 52.7 Å². The lowest BCUT2D eigenvalue weighted by molar-refractivity contribution is 0.114. The standard InChI is InChI=1S/C29H35N9O3S/c1-19(2)34-26-14-28(32-17-24(26)25-7-4-22(16-31-25)41-21-9-12-37(3)13-10-21)35-27-8-11-30-29(36-27)20-15-33-38(18-20)42(39,40)23-5-6-23/h4,7-8,11,14-19,21,23H,5-6,9-10,12-13H2,1-3H3,(H2,30,32,34,35,36). The van der Waals surface area contributed by atoms with E-state index >= 15 is 0 Å². The van der Waals surface area contributed by atoms with E-state index in [2.05, 4.69) is 61.5 Å². The average molecular weight is 590 g/mol. The van der Waals surface area contributed by atoms with Gasteiger partial charge in [0.2, 0.25) is 0 Å². The predicted molar refractivity (Wildman–Crippen MR) is 161 cm³/mol. The van der Waals surface area contributed by atoms with E-state index in [-0.39, 0.29) is 17.4 Å². The number of nitrogens with one attached hydrogen (secondary N) is 2. The molecule has 0 spiro atoms. The Labute approximate surface area is 245 Å². The van der Waals surface area contributed by atoms with Crippen LogP contribution in [0.1, 0.15) is 39.5 Å². The molecule has 2 fully saturated rings. The minimum atomic E-state index is -3.46. The van der Waals surface area contributed by atoms with Crippen LogP contribution in [0.4, 0.5) is 17.3 Å². The first-order valence-corrected chi connectivity index (χ1v) is 15.7. The average Bonchev–Trinajstić information content (AvgIpc) is 3.72. The van der Waals surface area contributed by atoms with Crippen molar-refractivity contribution >= 4 is 27.3 Å². The maximum Gasteiger partial charge on any atom is 0.256 e. The molecular weight excluding hydrogens is 554 g/mol. The van der Waals surface area contributed by atoms with Crippen molar-refractivity contribution in [1.82, 2.24) is 34.0 Å². The molecule has 1 saturated carbocycles. The van der Waals surface area contributed by atoms with Gasteiger partial charge in [-0.3, -0.25) is 4.98 Å². The van der Waals surface area contributed by atoms with Gasteiger partial charge in [-0.15, -0.1) is 0 Å². The monoisotopic (exact) mass is 589 g/mol. The molecule has 0 unspecified atom stereocenters. The number of nitrogens with zero attached hydrogens (tertiary/aromatic N) is 7. The molecule has 4 aromatic heterocycles. The smallest absolute Gasteiger partial charge is 0.256 e. The van der Waals surface area contributed by atoms with E-state index in [1.54, 1.807) is 24.7 Å². The molecule has 2 N–H and O–H groups in total. The van der Waals surface area contributed by atoms with Gasteiger partial charge >= 0.3 is 0 Å². The molecule has 13 heteroatoms. The molecule has 0 radical (unpaired) electrons. The molecule has 4 aromatic rings. The Balaban J connectivity index is 1.19. The second-order valence-corrected chi connectivity index (χ2v) is 13.2. The number of piperidine rings is 1. The Hall–Kier alpha value is -4.10. The first-order valence-electron chi connectivity index (χ1n) is 14.2. The summed E-state index contributed by atoms with van der Waals surface area (Å²) < 4.78 is 32.2. The van der Waals surface area contributed by atoms with Crippen molar-refractivity contribution in [2.24, 2.45) is 0 Å². The fourth-order valence-corrected chi connectivity index (χ4v) is 6.32. The van der Waals surface area contributed by atoms with E-state index in [1.807, 2.05) is 18.2 Å². The van der Waals surface area contributed by atoms with Crippen LogP contribution in [0.2, 0.25) is 0 Å². The molecular formula is C29H35N9O3S. The molecule has 220 valence electrons. The Kier molecular flexibility index (Phi) is 7.78. The van der Waals surface area contributed by atoms with Crippen LogP contribution in [0.3, 0.4) is 0 Å². The zero-order valence-electron chi connectivity index (χ0n) is 23.9.